The van der Waals surface area contributed by atoms with Crippen LogP contribution < -0.4 is 0 Å². The Kier molecular flexibility index (Phi) is 5.87. The summed E-state index contributed by atoms with van der Waals surface area (Å²) < 4.78 is 0. The van der Waals surface area contributed by atoms with E-state index in [-0.39, 0.29) is 6.10 Å². The summed E-state index contributed by atoms with van der Waals surface area (Å²) in [6.45, 7) is 13.5. The van der Waals surface area contributed by atoms with E-state index in [4.69, 9.17) is 0 Å². The van der Waals surface area contributed by atoms with E-state index in [0.717, 1.165) is 25.7 Å². The van der Waals surface area contributed by atoms with Crippen LogP contribution >= 0.6 is 0 Å². The molecule has 0 aromatic rings. The second-order valence-electron chi connectivity index (χ2n) is 7.21. The van der Waals surface area contributed by atoms with Crippen molar-refractivity contribution in [2.45, 2.75) is 79.8 Å². The van der Waals surface area contributed by atoms with Gasteiger partial charge in [0.25, 0.3) is 0 Å². The van der Waals surface area contributed by atoms with Gasteiger partial charge in [-0.3, -0.25) is 0 Å². The van der Waals surface area contributed by atoms with E-state index in [0.29, 0.717) is 10.8 Å². The molecule has 1 unspecified atom stereocenters. The summed E-state index contributed by atoms with van der Waals surface area (Å²) in [6.07, 6.45) is 5.30. The zero-order chi connectivity index (χ0) is 12.1. The first kappa shape index (κ1) is 15.0. The average molecular weight is 214 g/mol. The van der Waals surface area contributed by atoms with E-state index in [2.05, 4.69) is 41.5 Å². The predicted molar refractivity (Wildman–Crippen MR) is 68.0 cm³/mol. The Hall–Kier alpha value is -0.0400. The molecular weight excluding hydrogens is 184 g/mol. The summed E-state index contributed by atoms with van der Waals surface area (Å²) in [5, 5.41) is 9.81. The first-order valence-corrected chi connectivity index (χ1v) is 6.28. The van der Waals surface area contributed by atoms with Crippen molar-refractivity contribution < 1.29 is 5.11 Å². The van der Waals surface area contributed by atoms with Gasteiger partial charge in [-0.2, -0.15) is 0 Å². The van der Waals surface area contributed by atoms with E-state index >= 15 is 0 Å². The molecule has 0 fully saturated rings. The minimum atomic E-state index is -0.0911. The first-order chi connectivity index (χ1) is 6.60. The van der Waals surface area contributed by atoms with Crippen molar-refractivity contribution in [3.63, 3.8) is 0 Å². The lowest BCUT2D eigenvalue weighted by molar-refractivity contribution is 0.130. The molecule has 0 saturated carbocycles. The Labute approximate surface area is 96.3 Å². The van der Waals surface area contributed by atoms with Crippen LogP contribution in [0.4, 0.5) is 0 Å². The van der Waals surface area contributed by atoms with Crippen LogP contribution in [0.2, 0.25) is 0 Å². The van der Waals surface area contributed by atoms with Crippen LogP contribution in [0.5, 0.6) is 0 Å². The van der Waals surface area contributed by atoms with Crippen molar-refractivity contribution in [3.8, 4) is 0 Å². The fourth-order valence-corrected chi connectivity index (χ4v) is 1.61. The predicted octanol–water partition coefficient (Wildman–Crippen LogP) is 4.39. The van der Waals surface area contributed by atoms with E-state index in [1.807, 2.05) is 0 Å². The maximum atomic E-state index is 9.81. The van der Waals surface area contributed by atoms with Gasteiger partial charge >= 0.3 is 0 Å². The molecular formula is C14H30O. The molecule has 0 rings (SSSR count). The van der Waals surface area contributed by atoms with Gasteiger partial charge in [0.1, 0.15) is 0 Å². The van der Waals surface area contributed by atoms with Gasteiger partial charge in [0.05, 0.1) is 6.10 Å². The number of aliphatic hydroxyl groups is 1. The van der Waals surface area contributed by atoms with Crippen LogP contribution in [0.15, 0.2) is 0 Å². The molecule has 1 heteroatoms. The molecule has 0 spiro atoms. The Bertz CT molecular complexity index is 159. The molecule has 0 aliphatic carbocycles. The maximum Gasteiger partial charge on any atom is 0.0540 e. The van der Waals surface area contributed by atoms with Crippen LogP contribution in [0, 0.1) is 10.8 Å². The second kappa shape index (κ2) is 5.89. The quantitative estimate of drug-likeness (QED) is 0.719. The van der Waals surface area contributed by atoms with Crippen LogP contribution in [-0.2, 0) is 0 Å². The molecule has 0 aliphatic rings. The molecule has 0 bridgehead atoms. The van der Waals surface area contributed by atoms with Gasteiger partial charge < -0.3 is 5.11 Å². The third kappa shape index (κ3) is 11.9. The SMILES string of the molecule is CC(C)(C)CCCC(O)CCC(C)(C)C. The van der Waals surface area contributed by atoms with E-state index in [9.17, 15) is 5.11 Å². The molecule has 0 radical (unpaired) electrons. The minimum Gasteiger partial charge on any atom is -0.393 e. The molecule has 92 valence electrons. The highest BCUT2D eigenvalue weighted by Gasteiger charge is 2.15. The topological polar surface area (TPSA) is 20.2 Å². The summed E-state index contributed by atoms with van der Waals surface area (Å²) in [4.78, 5) is 0. The monoisotopic (exact) mass is 214 g/mol. The Morgan fingerprint density at radius 2 is 1.27 bits per heavy atom. The van der Waals surface area contributed by atoms with Crippen molar-refractivity contribution in [1.82, 2.24) is 0 Å². The first-order valence-electron chi connectivity index (χ1n) is 6.28. The minimum absolute atomic E-state index is 0.0911. The van der Waals surface area contributed by atoms with Crippen molar-refractivity contribution in [2.75, 3.05) is 0 Å². The van der Waals surface area contributed by atoms with Gasteiger partial charge in [0.2, 0.25) is 0 Å². The fraction of sp³-hybridized carbons (Fsp3) is 1.00. The van der Waals surface area contributed by atoms with Crippen LogP contribution in [0.1, 0.15) is 73.6 Å². The molecule has 0 aliphatic heterocycles. The van der Waals surface area contributed by atoms with Crippen molar-refractivity contribution in [3.05, 3.63) is 0 Å². The number of hydrogen-bond donors (Lipinski definition) is 1. The molecule has 1 atom stereocenters. The number of hydrogen-bond acceptors (Lipinski definition) is 1. The molecule has 0 amide bonds. The van der Waals surface area contributed by atoms with Crippen molar-refractivity contribution in [2.24, 2.45) is 10.8 Å². The largest absolute Gasteiger partial charge is 0.393 e. The third-order valence-electron chi connectivity index (χ3n) is 2.69. The van der Waals surface area contributed by atoms with Crippen LogP contribution in [0.25, 0.3) is 0 Å². The Balaban J connectivity index is 3.54. The van der Waals surface area contributed by atoms with Crippen molar-refractivity contribution in [1.29, 1.82) is 0 Å². The second-order valence-corrected chi connectivity index (χ2v) is 7.21. The zero-order valence-electron chi connectivity index (χ0n) is 11.6. The fourth-order valence-electron chi connectivity index (χ4n) is 1.61. The number of rotatable bonds is 5. The molecule has 0 saturated heterocycles. The standard InChI is InChI=1S/C14H30O/c1-13(2,3)10-7-8-12(15)9-11-14(4,5)6/h12,15H,7-11H2,1-6H3. The molecule has 1 nitrogen and oxygen atoms in total. The van der Waals surface area contributed by atoms with Gasteiger partial charge in [-0.1, -0.05) is 48.0 Å². The summed E-state index contributed by atoms with van der Waals surface area (Å²) in [5.41, 5.74) is 0.759. The lowest BCUT2D eigenvalue weighted by Gasteiger charge is -2.22. The van der Waals surface area contributed by atoms with Gasteiger partial charge in [0, 0.05) is 0 Å². The summed E-state index contributed by atoms with van der Waals surface area (Å²) in [7, 11) is 0. The van der Waals surface area contributed by atoms with E-state index in [1.165, 1.54) is 6.42 Å². The van der Waals surface area contributed by atoms with Crippen LogP contribution in [-0.4, -0.2) is 11.2 Å². The Morgan fingerprint density at radius 3 is 1.67 bits per heavy atom. The smallest absolute Gasteiger partial charge is 0.0540 e. The van der Waals surface area contributed by atoms with Gasteiger partial charge in [-0.05, 0) is 36.5 Å². The maximum absolute atomic E-state index is 9.81. The molecule has 15 heavy (non-hydrogen) atoms. The average Bonchev–Trinajstić information content (AvgIpc) is 1.97. The Morgan fingerprint density at radius 1 is 0.800 bits per heavy atom. The normalized spacial score (nSPS) is 15.4. The summed E-state index contributed by atoms with van der Waals surface area (Å²) in [5.74, 6) is 0. The van der Waals surface area contributed by atoms with Gasteiger partial charge in [-0.15, -0.1) is 0 Å². The van der Waals surface area contributed by atoms with Gasteiger partial charge in [-0.25, -0.2) is 0 Å². The van der Waals surface area contributed by atoms with E-state index in [1.54, 1.807) is 0 Å². The summed E-state index contributed by atoms with van der Waals surface area (Å²) >= 11 is 0. The number of aliphatic hydroxyl groups excluding tert-OH is 1. The third-order valence-corrected chi connectivity index (χ3v) is 2.69. The van der Waals surface area contributed by atoms with Crippen molar-refractivity contribution >= 4 is 0 Å². The molecule has 0 aromatic heterocycles. The highest BCUT2D eigenvalue weighted by Crippen LogP contribution is 2.25. The molecule has 0 heterocycles. The highest BCUT2D eigenvalue weighted by atomic mass is 16.3. The highest BCUT2D eigenvalue weighted by molar-refractivity contribution is 4.67. The zero-order valence-corrected chi connectivity index (χ0v) is 11.6. The van der Waals surface area contributed by atoms with Crippen LogP contribution in [0.3, 0.4) is 0 Å². The molecule has 0 aromatic carbocycles. The lowest BCUT2D eigenvalue weighted by atomic mass is 9.86. The van der Waals surface area contributed by atoms with Gasteiger partial charge in [0.15, 0.2) is 0 Å². The lowest BCUT2D eigenvalue weighted by Crippen LogP contribution is -2.14. The summed E-state index contributed by atoms with van der Waals surface area (Å²) in [6, 6.07) is 0. The molecule has 1 N–H and O–H groups in total. The van der Waals surface area contributed by atoms with E-state index < -0.39 is 0 Å².